The molecule has 1 N–H and O–H groups in total. The van der Waals surface area contributed by atoms with Crippen molar-refractivity contribution in [2.24, 2.45) is 0 Å². The standard InChI is InChI=1S/C23H23N5O2S2/c1-30-16-10-8-15(9-11-16)21-25-26-23(31)28(21)14-12-20(29)27-13-4-6-18(27)22-24-17-5-2-3-7-19(17)32-22/h2-3,5,7-11,18H,4,6,12-14H2,1H3,(H,26,31)/t18-/m0/s1. The molecule has 0 bridgehead atoms. The van der Waals surface area contributed by atoms with Crippen LogP contribution in [0.2, 0.25) is 0 Å². The van der Waals surface area contributed by atoms with E-state index in [0.29, 0.717) is 17.7 Å². The Morgan fingerprint density at radius 3 is 2.84 bits per heavy atom. The molecule has 5 rings (SSSR count). The lowest BCUT2D eigenvalue weighted by atomic mass is 10.2. The monoisotopic (exact) mass is 465 g/mol. The molecule has 0 spiro atoms. The lowest BCUT2D eigenvalue weighted by molar-refractivity contribution is -0.132. The fourth-order valence-electron chi connectivity index (χ4n) is 4.19. The number of fused-ring (bicyclic) bond motifs is 1. The van der Waals surface area contributed by atoms with Crippen molar-refractivity contribution < 1.29 is 9.53 Å². The van der Waals surface area contributed by atoms with Crippen molar-refractivity contribution in [2.45, 2.75) is 31.8 Å². The van der Waals surface area contributed by atoms with Gasteiger partial charge in [-0.1, -0.05) is 12.1 Å². The van der Waals surface area contributed by atoms with Gasteiger partial charge in [-0.05, 0) is 61.5 Å². The smallest absolute Gasteiger partial charge is 0.224 e. The number of carbonyl (C=O) groups is 1. The van der Waals surface area contributed by atoms with Crippen molar-refractivity contribution in [3.63, 3.8) is 0 Å². The maximum Gasteiger partial charge on any atom is 0.224 e. The molecule has 4 aromatic rings. The van der Waals surface area contributed by atoms with E-state index in [1.807, 2.05) is 51.9 Å². The third-order valence-electron chi connectivity index (χ3n) is 5.82. The van der Waals surface area contributed by atoms with Crippen molar-refractivity contribution in [3.8, 4) is 17.1 Å². The van der Waals surface area contributed by atoms with Crippen molar-refractivity contribution in [1.29, 1.82) is 0 Å². The van der Waals surface area contributed by atoms with E-state index in [2.05, 4.69) is 16.3 Å². The molecule has 0 saturated carbocycles. The van der Waals surface area contributed by atoms with E-state index >= 15 is 0 Å². The molecule has 1 atom stereocenters. The highest BCUT2D eigenvalue weighted by Crippen LogP contribution is 2.36. The average molecular weight is 466 g/mol. The van der Waals surface area contributed by atoms with E-state index in [1.165, 1.54) is 0 Å². The van der Waals surface area contributed by atoms with Crippen molar-refractivity contribution in [3.05, 3.63) is 58.3 Å². The molecular formula is C23H23N5O2S2. The first-order chi connectivity index (χ1) is 15.6. The molecule has 2 aromatic heterocycles. The lowest BCUT2D eigenvalue weighted by Gasteiger charge is -2.23. The quantitative estimate of drug-likeness (QED) is 0.407. The molecule has 9 heteroatoms. The van der Waals surface area contributed by atoms with E-state index in [4.69, 9.17) is 21.9 Å². The minimum atomic E-state index is 0.0540. The van der Waals surface area contributed by atoms with Crippen molar-refractivity contribution >= 4 is 39.7 Å². The van der Waals surface area contributed by atoms with Crippen LogP contribution in [0.4, 0.5) is 0 Å². The third-order valence-corrected chi connectivity index (χ3v) is 7.27. The SMILES string of the molecule is COc1ccc(-c2n[nH]c(=S)n2CCC(=O)N2CCC[C@H]2c2nc3ccccc3s2)cc1. The number of para-hydroxylation sites is 1. The summed E-state index contributed by atoms with van der Waals surface area (Å²) < 4.78 is 8.79. The van der Waals surface area contributed by atoms with E-state index in [-0.39, 0.29) is 11.9 Å². The van der Waals surface area contributed by atoms with Gasteiger partial charge >= 0.3 is 0 Å². The number of thiazole rings is 1. The number of carbonyl (C=O) groups excluding carboxylic acids is 1. The van der Waals surface area contributed by atoms with E-state index in [0.717, 1.165) is 51.7 Å². The van der Waals surface area contributed by atoms with Gasteiger partial charge in [0.05, 0.1) is 23.4 Å². The first-order valence-corrected chi connectivity index (χ1v) is 11.8. The van der Waals surface area contributed by atoms with Crippen LogP contribution in [0.15, 0.2) is 48.5 Å². The molecule has 32 heavy (non-hydrogen) atoms. The molecule has 2 aromatic carbocycles. The topological polar surface area (TPSA) is 76.0 Å². The van der Waals surface area contributed by atoms with Gasteiger partial charge in [0.1, 0.15) is 10.8 Å². The number of hydrogen-bond acceptors (Lipinski definition) is 6. The van der Waals surface area contributed by atoms with Crippen molar-refractivity contribution in [2.75, 3.05) is 13.7 Å². The maximum absolute atomic E-state index is 13.2. The first kappa shape index (κ1) is 20.8. The van der Waals surface area contributed by atoms with E-state index in [9.17, 15) is 4.79 Å². The van der Waals surface area contributed by atoms with Crippen LogP contribution in [-0.4, -0.2) is 44.2 Å². The zero-order chi connectivity index (χ0) is 22.1. The number of aromatic amines is 1. The van der Waals surface area contributed by atoms with Crippen LogP contribution < -0.4 is 4.74 Å². The summed E-state index contributed by atoms with van der Waals surface area (Å²) >= 11 is 7.12. The summed E-state index contributed by atoms with van der Waals surface area (Å²) in [6.07, 6.45) is 2.31. The molecule has 0 aliphatic carbocycles. The fraction of sp³-hybridized carbons (Fsp3) is 0.304. The van der Waals surface area contributed by atoms with Gasteiger partial charge in [-0.15, -0.1) is 11.3 Å². The maximum atomic E-state index is 13.2. The van der Waals surface area contributed by atoms with Gasteiger partial charge in [0.15, 0.2) is 10.6 Å². The van der Waals surface area contributed by atoms with Crippen LogP contribution in [0, 0.1) is 4.77 Å². The number of nitrogens with one attached hydrogen (secondary N) is 1. The molecule has 164 valence electrons. The van der Waals surface area contributed by atoms with Gasteiger partial charge in [-0.3, -0.25) is 14.5 Å². The Kier molecular flexibility index (Phi) is 5.75. The minimum Gasteiger partial charge on any atom is -0.497 e. The molecule has 3 heterocycles. The molecule has 1 aliphatic rings. The number of likely N-dealkylation sites (tertiary alicyclic amines) is 1. The van der Waals surface area contributed by atoms with E-state index in [1.54, 1.807) is 18.4 Å². The molecule has 1 aliphatic heterocycles. The number of H-pyrrole nitrogens is 1. The number of amides is 1. The fourth-order valence-corrected chi connectivity index (χ4v) is 5.53. The summed E-state index contributed by atoms with van der Waals surface area (Å²) in [7, 11) is 1.64. The molecule has 0 radical (unpaired) electrons. The van der Waals surface area contributed by atoms with Crippen molar-refractivity contribution in [1.82, 2.24) is 24.6 Å². The number of nitrogens with zero attached hydrogens (tertiary/aromatic N) is 4. The summed E-state index contributed by atoms with van der Waals surface area (Å²) in [4.78, 5) is 20.0. The summed E-state index contributed by atoms with van der Waals surface area (Å²) in [5, 5.41) is 8.26. The highest BCUT2D eigenvalue weighted by atomic mass is 32.1. The van der Waals surface area contributed by atoms with Gasteiger partial charge in [-0.25, -0.2) is 4.98 Å². The molecule has 1 saturated heterocycles. The Hall–Kier alpha value is -3.04. The van der Waals surface area contributed by atoms with Crippen LogP contribution >= 0.6 is 23.6 Å². The Bertz CT molecular complexity index is 1270. The third kappa shape index (κ3) is 3.93. The van der Waals surface area contributed by atoms with Gasteiger partial charge < -0.3 is 9.64 Å². The van der Waals surface area contributed by atoms with Crippen LogP contribution in [0.25, 0.3) is 21.6 Å². The molecule has 7 nitrogen and oxygen atoms in total. The highest BCUT2D eigenvalue weighted by molar-refractivity contribution is 7.71. The number of aromatic nitrogens is 4. The average Bonchev–Trinajstić information content (AvgIpc) is 3.55. The van der Waals surface area contributed by atoms with Crippen LogP contribution in [0.3, 0.4) is 0 Å². The highest BCUT2D eigenvalue weighted by Gasteiger charge is 2.32. The Labute approximate surface area is 194 Å². The van der Waals surface area contributed by atoms with Crippen LogP contribution in [-0.2, 0) is 11.3 Å². The van der Waals surface area contributed by atoms with E-state index < -0.39 is 0 Å². The number of hydrogen-bond donors (Lipinski definition) is 1. The minimum absolute atomic E-state index is 0.0540. The first-order valence-electron chi connectivity index (χ1n) is 10.6. The number of benzene rings is 2. The van der Waals surface area contributed by atoms with Gasteiger partial charge in [0, 0.05) is 25.1 Å². The Balaban J connectivity index is 1.32. The predicted octanol–water partition coefficient (Wildman–Crippen LogP) is 4.98. The van der Waals surface area contributed by atoms with Crippen LogP contribution in [0.5, 0.6) is 5.75 Å². The number of ether oxygens (including phenoxy) is 1. The number of methoxy groups -OCH3 is 1. The second-order valence-corrected chi connectivity index (χ2v) is 9.20. The molecular weight excluding hydrogens is 442 g/mol. The second kappa shape index (κ2) is 8.84. The summed E-state index contributed by atoms with van der Waals surface area (Å²) in [6.45, 7) is 1.24. The summed E-state index contributed by atoms with van der Waals surface area (Å²) in [6, 6.07) is 15.8. The second-order valence-electron chi connectivity index (χ2n) is 7.75. The molecule has 1 amide bonds. The van der Waals surface area contributed by atoms with Gasteiger partial charge in [0.2, 0.25) is 5.91 Å². The Morgan fingerprint density at radius 2 is 2.06 bits per heavy atom. The zero-order valence-corrected chi connectivity index (χ0v) is 19.3. The Morgan fingerprint density at radius 1 is 1.25 bits per heavy atom. The predicted molar refractivity (Wildman–Crippen MR) is 127 cm³/mol. The lowest BCUT2D eigenvalue weighted by Crippen LogP contribution is -2.31. The molecule has 0 unspecified atom stereocenters. The largest absolute Gasteiger partial charge is 0.497 e. The molecule has 1 fully saturated rings. The van der Waals surface area contributed by atoms with Gasteiger partial charge in [-0.2, -0.15) is 5.10 Å². The van der Waals surface area contributed by atoms with Crippen LogP contribution in [0.1, 0.15) is 30.3 Å². The normalized spacial score (nSPS) is 16.0. The zero-order valence-electron chi connectivity index (χ0n) is 17.7. The summed E-state index contributed by atoms with van der Waals surface area (Å²) in [5.74, 6) is 1.62. The summed E-state index contributed by atoms with van der Waals surface area (Å²) in [5.41, 5.74) is 1.92. The number of rotatable bonds is 6. The van der Waals surface area contributed by atoms with Gasteiger partial charge in [0.25, 0.3) is 0 Å².